The van der Waals surface area contributed by atoms with E-state index in [1.807, 2.05) is 0 Å². The molecule has 5 heteroatoms. The predicted molar refractivity (Wildman–Crippen MR) is 55.3 cm³/mol. The summed E-state index contributed by atoms with van der Waals surface area (Å²) in [6, 6.07) is 0. The van der Waals surface area contributed by atoms with E-state index in [-0.39, 0.29) is 0 Å². The molecule has 0 amide bonds. The molecule has 0 spiro atoms. The topological polar surface area (TPSA) is 58.9 Å². The Bertz CT molecular complexity index is 207. The van der Waals surface area contributed by atoms with Crippen molar-refractivity contribution in [2.24, 2.45) is 0 Å². The van der Waals surface area contributed by atoms with Crippen molar-refractivity contribution in [2.45, 2.75) is 45.8 Å². The second kappa shape index (κ2) is 4.34. The van der Waals surface area contributed by atoms with E-state index in [1.54, 1.807) is 34.6 Å². The van der Waals surface area contributed by atoms with Crippen LogP contribution in [0.3, 0.4) is 0 Å². The van der Waals surface area contributed by atoms with E-state index in [4.69, 9.17) is 9.31 Å². The molecule has 0 unspecified atom stereocenters. The molecule has 0 aliphatic heterocycles. The number of hydrogen-bond donors (Lipinski definition) is 2. The lowest BCUT2D eigenvalue weighted by Crippen LogP contribution is -2.50. The van der Waals surface area contributed by atoms with Gasteiger partial charge in [0.2, 0.25) is 0 Å². The summed E-state index contributed by atoms with van der Waals surface area (Å²) in [5, 5.41) is 19.0. The summed E-state index contributed by atoms with van der Waals surface area (Å²) in [7, 11) is -1.41. The second-order valence-corrected chi connectivity index (χ2v) is 4.31. The van der Waals surface area contributed by atoms with Gasteiger partial charge in [-0.1, -0.05) is 6.58 Å². The van der Waals surface area contributed by atoms with Crippen molar-refractivity contribution in [3.63, 3.8) is 0 Å². The maximum atomic E-state index is 9.71. The van der Waals surface area contributed by atoms with E-state index in [1.165, 1.54) is 0 Å². The molecule has 4 nitrogen and oxygen atoms in total. The summed E-state index contributed by atoms with van der Waals surface area (Å²) in [6.45, 7) is 11.6. The summed E-state index contributed by atoms with van der Waals surface area (Å²) in [6.07, 6.45) is 0. The third-order valence-corrected chi connectivity index (χ3v) is 2.17. The van der Waals surface area contributed by atoms with E-state index in [2.05, 4.69) is 6.58 Å². The Morgan fingerprint density at radius 1 is 1.29 bits per heavy atom. The molecule has 0 aromatic heterocycles. The van der Waals surface area contributed by atoms with Gasteiger partial charge < -0.3 is 19.4 Å². The fourth-order valence-corrected chi connectivity index (χ4v) is 0.592. The van der Waals surface area contributed by atoms with Crippen LogP contribution >= 0.6 is 0 Å². The van der Waals surface area contributed by atoms with Crippen LogP contribution < -0.4 is 0 Å². The number of rotatable bonds is 5. The van der Waals surface area contributed by atoms with Crippen LogP contribution in [-0.2, 0) is 9.31 Å². The van der Waals surface area contributed by atoms with Crippen LogP contribution in [0.25, 0.3) is 0 Å². The molecule has 0 bridgehead atoms. The fourth-order valence-electron chi connectivity index (χ4n) is 0.592. The molecule has 0 saturated carbocycles. The molecular formula is C9H19BO4. The maximum absolute atomic E-state index is 9.71. The van der Waals surface area contributed by atoms with Crippen molar-refractivity contribution in [3.8, 4) is 0 Å². The lowest BCUT2D eigenvalue weighted by atomic mass is 9.88. The highest BCUT2D eigenvalue weighted by Gasteiger charge is 2.40. The third kappa shape index (κ3) is 4.13. The average molecular weight is 202 g/mol. The summed E-state index contributed by atoms with van der Waals surface area (Å²) < 4.78 is 9.94. The monoisotopic (exact) mass is 202 g/mol. The molecule has 2 N–H and O–H groups in total. The lowest BCUT2D eigenvalue weighted by Gasteiger charge is -2.37. The first kappa shape index (κ1) is 13.5. The van der Waals surface area contributed by atoms with Crippen LogP contribution in [0.5, 0.6) is 0 Å². The highest BCUT2D eigenvalue weighted by molar-refractivity contribution is 6.35. The van der Waals surface area contributed by atoms with Gasteiger partial charge >= 0.3 is 7.32 Å². The first-order valence-electron chi connectivity index (χ1n) is 4.47. The van der Waals surface area contributed by atoms with Crippen LogP contribution in [0.15, 0.2) is 12.3 Å². The van der Waals surface area contributed by atoms with Crippen molar-refractivity contribution in [1.29, 1.82) is 0 Å². The van der Waals surface area contributed by atoms with Gasteiger partial charge in [0.1, 0.15) is 0 Å². The molecule has 0 heterocycles. The predicted octanol–water partition coefficient (Wildman–Crippen LogP) is 1.08. The van der Waals surface area contributed by atoms with Gasteiger partial charge in [0, 0.05) is 0 Å². The smallest absolute Gasteiger partial charge is 0.516 e. The Kier molecular flexibility index (Phi) is 4.18. The third-order valence-electron chi connectivity index (χ3n) is 2.17. The SMILES string of the molecule is C=C(C)OB(O)OC(C)(C)C(C)(C)O. The van der Waals surface area contributed by atoms with Crippen molar-refractivity contribution in [3.05, 3.63) is 12.3 Å². The molecule has 0 fully saturated rings. The van der Waals surface area contributed by atoms with Crippen molar-refractivity contribution < 1.29 is 19.4 Å². The Hall–Kier alpha value is -0.515. The largest absolute Gasteiger partial charge is 0.710 e. The Balaban J connectivity index is 4.29. The van der Waals surface area contributed by atoms with E-state index >= 15 is 0 Å². The summed E-state index contributed by atoms with van der Waals surface area (Å²) in [5.74, 6) is 0.351. The molecule has 0 radical (unpaired) electrons. The molecular weight excluding hydrogens is 183 g/mol. The van der Waals surface area contributed by atoms with E-state index < -0.39 is 18.5 Å². The summed E-state index contributed by atoms with van der Waals surface area (Å²) >= 11 is 0. The quantitative estimate of drug-likeness (QED) is 0.517. The minimum atomic E-state index is -1.41. The number of allylic oxidation sites excluding steroid dienone is 1. The average Bonchev–Trinajstić information content (AvgIpc) is 1.79. The van der Waals surface area contributed by atoms with Gasteiger partial charge in [0.25, 0.3) is 0 Å². The Morgan fingerprint density at radius 3 is 2.00 bits per heavy atom. The van der Waals surface area contributed by atoms with Gasteiger partial charge in [0.05, 0.1) is 17.0 Å². The molecule has 14 heavy (non-hydrogen) atoms. The van der Waals surface area contributed by atoms with Crippen molar-refractivity contribution >= 4 is 7.32 Å². The number of aliphatic hydroxyl groups is 1. The van der Waals surface area contributed by atoms with Crippen molar-refractivity contribution in [2.75, 3.05) is 0 Å². The van der Waals surface area contributed by atoms with Crippen LogP contribution in [-0.4, -0.2) is 28.7 Å². The summed E-state index contributed by atoms with van der Waals surface area (Å²) in [5.41, 5.74) is -1.99. The van der Waals surface area contributed by atoms with Crippen LogP contribution in [0.1, 0.15) is 34.6 Å². The zero-order chi connectivity index (χ0) is 11.6. The zero-order valence-electron chi connectivity index (χ0n) is 9.50. The normalized spacial score (nSPS) is 12.5. The van der Waals surface area contributed by atoms with Crippen LogP contribution in [0.4, 0.5) is 0 Å². The minimum absolute atomic E-state index is 0.351. The van der Waals surface area contributed by atoms with Gasteiger partial charge in [-0.15, -0.1) is 0 Å². The van der Waals surface area contributed by atoms with E-state index in [9.17, 15) is 10.1 Å². The van der Waals surface area contributed by atoms with Gasteiger partial charge in [-0.2, -0.15) is 0 Å². The highest BCUT2D eigenvalue weighted by atomic mass is 16.7. The van der Waals surface area contributed by atoms with Crippen molar-refractivity contribution in [1.82, 2.24) is 0 Å². The van der Waals surface area contributed by atoms with Gasteiger partial charge in [-0.25, -0.2) is 0 Å². The minimum Gasteiger partial charge on any atom is -0.516 e. The standard InChI is InChI=1S/C9H19BO4/c1-7(2)13-10(12)14-9(5,6)8(3,4)11/h11-12H,1H2,2-6H3. The van der Waals surface area contributed by atoms with Gasteiger partial charge in [-0.05, 0) is 34.6 Å². The lowest BCUT2D eigenvalue weighted by molar-refractivity contribution is -0.110. The maximum Gasteiger partial charge on any atom is 0.710 e. The first-order chi connectivity index (χ1) is 6.06. The second-order valence-electron chi connectivity index (χ2n) is 4.31. The molecule has 0 saturated heterocycles. The molecule has 0 aromatic rings. The highest BCUT2D eigenvalue weighted by Crippen LogP contribution is 2.25. The Morgan fingerprint density at radius 2 is 1.71 bits per heavy atom. The molecule has 0 atom stereocenters. The van der Waals surface area contributed by atoms with Gasteiger partial charge in [-0.3, -0.25) is 0 Å². The molecule has 0 rings (SSSR count). The number of hydrogen-bond acceptors (Lipinski definition) is 4. The van der Waals surface area contributed by atoms with E-state index in [0.29, 0.717) is 5.76 Å². The van der Waals surface area contributed by atoms with Crippen LogP contribution in [0, 0.1) is 0 Å². The first-order valence-corrected chi connectivity index (χ1v) is 4.47. The zero-order valence-corrected chi connectivity index (χ0v) is 9.50. The molecule has 0 aliphatic rings. The van der Waals surface area contributed by atoms with E-state index in [0.717, 1.165) is 0 Å². The fraction of sp³-hybridized carbons (Fsp3) is 0.778. The van der Waals surface area contributed by atoms with Crippen LogP contribution in [0.2, 0.25) is 0 Å². The summed E-state index contributed by atoms with van der Waals surface area (Å²) in [4.78, 5) is 0. The molecule has 82 valence electrons. The Labute approximate surface area is 85.7 Å². The van der Waals surface area contributed by atoms with Gasteiger partial charge in [0.15, 0.2) is 0 Å². The molecule has 0 aromatic carbocycles. The molecule has 0 aliphatic carbocycles.